The number of likely N-dealkylation sites (tertiary alicyclic amines) is 1. The van der Waals surface area contributed by atoms with Crippen molar-refractivity contribution in [3.05, 3.63) is 81.1 Å². The molecule has 0 bridgehead atoms. The fourth-order valence-corrected chi connectivity index (χ4v) is 4.45. The predicted octanol–water partition coefficient (Wildman–Crippen LogP) is 3.79. The monoisotopic (exact) mass is 440 g/mol. The van der Waals surface area contributed by atoms with Gasteiger partial charge in [-0.25, -0.2) is 8.78 Å². The van der Waals surface area contributed by atoms with Gasteiger partial charge in [-0.15, -0.1) is 0 Å². The molecule has 0 unspecified atom stereocenters. The second-order valence-electron chi connectivity index (χ2n) is 8.34. The number of carboxylic acid groups (broad SMARTS) is 1. The van der Waals surface area contributed by atoms with Gasteiger partial charge in [-0.3, -0.25) is 9.59 Å². The zero-order chi connectivity index (χ0) is 22.7. The van der Waals surface area contributed by atoms with E-state index in [1.54, 1.807) is 10.6 Å². The average molecular weight is 440 g/mol. The van der Waals surface area contributed by atoms with Gasteiger partial charge >= 0.3 is 5.97 Å². The molecule has 1 aliphatic rings. The van der Waals surface area contributed by atoms with E-state index in [0.29, 0.717) is 16.6 Å². The van der Waals surface area contributed by atoms with Crippen molar-refractivity contribution in [3.63, 3.8) is 0 Å². The SMILES string of the molecule is O=C(O)Cn1c(CCc2cccc(F)c2F)cc(=O)c2ccc(CCN3CCCC3)cc21. The van der Waals surface area contributed by atoms with Crippen LogP contribution < -0.4 is 5.43 Å². The number of aryl methyl sites for hydroxylation is 2. The number of carbonyl (C=O) groups is 1. The Bertz CT molecular complexity index is 1200. The van der Waals surface area contributed by atoms with Crippen molar-refractivity contribution in [2.75, 3.05) is 19.6 Å². The van der Waals surface area contributed by atoms with Crippen LogP contribution >= 0.6 is 0 Å². The van der Waals surface area contributed by atoms with Gasteiger partial charge in [-0.2, -0.15) is 0 Å². The zero-order valence-corrected chi connectivity index (χ0v) is 17.8. The van der Waals surface area contributed by atoms with Gasteiger partial charge in [0.15, 0.2) is 17.1 Å². The molecule has 0 amide bonds. The molecule has 4 rings (SSSR count). The minimum absolute atomic E-state index is 0.156. The molecule has 0 spiro atoms. The maximum Gasteiger partial charge on any atom is 0.323 e. The Morgan fingerprint density at radius 2 is 1.78 bits per heavy atom. The average Bonchev–Trinajstić information content (AvgIpc) is 3.29. The predicted molar refractivity (Wildman–Crippen MR) is 119 cm³/mol. The Morgan fingerprint density at radius 1 is 1.00 bits per heavy atom. The first-order valence-corrected chi connectivity index (χ1v) is 10.9. The topological polar surface area (TPSA) is 62.5 Å². The summed E-state index contributed by atoms with van der Waals surface area (Å²) in [5.74, 6) is -2.87. The molecule has 0 saturated carbocycles. The van der Waals surface area contributed by atoms with Crippen molar-refractivity contribution in [2.45, 2.75) is 38.6 Å². The highest BCUT2D eigenvalue weighted by atomic mass is 19.2. The summed E-state index contributed by atoms with van der Waals surface area (Å²) >= 11 is 0. The van der Waals surface area contributed by atoms with Gasteiger partial charge in [0, 0.05) is 23.7 Å². The normalized spacial score (nSPS) is 14.3. The summed E-state index contributed by atoms with van der Waals surface area (Å²) in [6.45, 7) is 2.80. The summed E-state index contributed by atoms with van der Waals surface area (Å²) in [6, 6.07) is 11.0. The fraction of sp³-hybridized carbons (Fsp3) is 0.360. The Morgan fingerprint density at radius 3 is 2.53 bits per heavy atom. The van der Waals surface area contributed by atoms with E-state index in [0.717, 1.165) is 37.7 Å². The highest BCUT2D eigenvalue weighted by molar-refractivity contribution is 5.81. The summed E-state index contributed by atoms with van der Waals surface area (Å²) in [6.07, 6.45) is 3.62. The lowest BCUT2D eigenvalue weighted by Gasteiger charge is -2.18. The van der Waals surface area contributed by atoms with E-state index in [2.05, 4.69) is 4.90 Å². The van der Waals surface area contributed by atoms with Gasteiger partial charge in [-0.1, -0.05) is 18.2 Å². The Labute approximate surface area is 184 Å². The first kappa shape index (κ1) is 22.1. The number of carboxylic acids is 1. The largest absolute Gasteiger partial charge is 0.480 e. The van der Waals surface area contributed by atoms with Crippen LogP contribution in [0.4, 0.5) is 8.78 Å². The number of hydrogen-bond acceptors (Lipinski definition) is 3. The molecule has 0 atom stereocenters. The van der Waals surface area contributed by atoms with Crippen molar-refractivity contribution < 1.29 is 18.7 Å². The summed E-state index contributed by atoms with van der Waals surface area (Å²) in [5, 5.41) is 9.94. The molecular weight excluding hydrogens is 414 g/mol. The minimum atomic E-state index is -1.03. The van der Waals surface area contributed by atoms with E-state index in [-0.39, 0.29) is 30.4 Å². The number of halogens is 2. The third-order valence-corrected chi connectivity index (χ3v) is 6.15. The first-order valence-electron chi connectivity index (χ1n) is 10.9. The lowest BCUT2D eigenvalue weighted by atomic mass is 10.0. The molecule has 1 N–H and O–H groups in total. The highest BCUT2D eigenvalue weighted by Gasteiger charge is 2.15. The first-order chi connectivity index (χ1) is 15.4. The highest BCUT2D eigenvalue weighted by Crippen LogP contribution is 2.20. The van der Waals surface area contributed by atoms with Crippen LogP contribution in [0.1, 0.15) is 29.7 Å². The van der Waals surface area contributed by atoms with Gasteiger partial charge in [0.05, 0.1) is 5.52 Å². The van der Waals surface area contributed by atoms with Gasteiger partial charge in [0.25, 0.3) is 0 Å². The lowest BCUT2D eigenvalue weighted by Crippen LogP contribution is -2.22. The van der Waals surface area contributed by atoms with Crippen LogP contribution in [0.2, 0.25) is 0 Å². The molecule has 1 aromatic heterocycles. The molecular formula is C25H26F2N2O3. The van der Waals surface area contributed by atoms with E-state index < -0.39 is 17.6 Å². The molecule has 168 valence electrons. The number of aliphatic carboxylic acids is 1. The molecule has 3 aromatic rings. The van der Waals surface area contributed by atoms with Crippen molar-refractivity contribution in [2.24, 2.45) is 0 Å². The van der Waals surface area contributed by atoms with Gasteiger partial charge in [0.2, 0.25) is 0 Å². The molecule has 0 radical (unpaired) electrons. The number of nitrogens with zero attached hydrogens (tertiary/aromatic N) is 2. The molecule has 5 nitrogen and oxygen atoms in total. The van der Waals surface area contributed by atoms with Crippen LogP contribution in [0, 0.1) is 11.6 Å². The van der Waals surface area contributed by atoms with E-state index in [9.17, 15) is 23.5 Å². The van der Waals surface area contributed by atoms with Gasteiger partial charge in [0.1, 0.15) is 6.54 Å². The van der Waals surface area contributed by atoms with Crippen molar-refractivity contribution in [3.8, 4) is 0 Å². The minimum Gasteiger partial charge on any atom is -0.480 e. The molecule has 2 aromatic carbocycles. The fourth-order valence-electron chi connectivity index (χ4n) is 4.45. The van der Waals surface area contributed by atoms with E-state index in [1.165, 1.54) is 31.0 Å². The Kier molecular flexibility index (Phi) is 6.65. The van der Waals surface area contributed by atoms with Crippen LogP contribution in [0.3, 0.4) is 0 Å². The third kappa shape index (κ3) is 4.88. The summed E-state index contributed by atoms with van der Waals surface area (Å²) in [7, 11) is 0. The number of benzene rings is 2. The molecule has 32 heavy (non-hydrogen) atoms. The smallest absolute Gasteiger partial charge is 0.323 e. The summed E-state index contributed by atoms with van der Waals surface area (Å²) < 4.78 is 29.2. The standard InChI is InChI=1S/C25H26F2N2O3/c26-21-5-3-4-18(25(21)27)7-8-19-15-23(30)20-9-6-17(10-13-28-11-1-2-12-28)14-22(20)29(19)16-24(31)32/h3-6,9,14-15H,1-2,7-8,10-13,16H2,(H,31,32). The maximum atomic E-state index is 14.1. The zero-order valence-electron chi connectivity index (χ0n) is 17.8. The van der Waals surface area contributed by atoms with Crippen molar-refractivity contribution >= 4 is 16.9 Å². The summed E-state index contributed by atoms with van der Waals surface area (Å²) in [4.78, 5) is 26.7. The molecule has 1 saturated heterocycles. The molecule has 0 aliphatic carbocycles. The van der Waals surface area contributed by atoms with Crippen molar-refractivity contribution in [1.29, 1.82) is 0 Å². The van der Waals surface area contributed by atoms with Crippen LogP contribution in [0.5, 0.6) is 0 Å². The molecule has 1 fully saturated rings. The second-order valence-corrected chi connectivity index (χ2v) is 8.34. The summed E-state index contributed by atoms with van der Waals surface area (Å²) in [5.41, 5.74) is 2.08. The number of aromatic nitrogens is 1. The van der Waals surface area contributed by atoms with Crippen molar-refractivity contribution in [1.82, 2.24) is 9.47 Å². The van der Waals surface area contributed by atoms with Crippen LogP contribution in [0.15, 0.2) is 47.3 Å². The van der Waals surface area contributed by atoms with Crippen LogP contribution in [-0.4, -0.2) is 40.2 Å². The number of fused-ring (bicyclic) bond motifs is 1. The lowest BCUT2D eigenvalue weighted by molar-refractivity contribution is -0.137. The van der Waals surface area contributed by atoms with Gasteiger partial charge in [-0.05, 0) is 74.5 Å². The quantitative estimate of drug-likeness (QED) is 0.579. The maximum absolute atomic E-state index is 14.1. The number of rotatable bonds is 8. The van der Waals surface area contributed by atoms with E-state index in [1.807, 2.05) is 12.1 Å². The molecule has 1 aliphatic heterocycles. The van der Waals surface area contributed by atoms with Crippen LogP contribution in [-0.2, 0) is 30.6 Å². The van der Waals surface area contributed by atoms with Crippen LogP contribution in [0.25, 0.3) is 10.9 Å². The number of pyridine rings is 1. The second kappa shape index (κ2) is 9.61. The van der Waals surface area contributed by atoms with E-state index >= 15 is 0 Å². The Balaban J connectivity index is 1.68. The van der Waals surface area contributed by atoms with E-state index in [4.69, 9.17) is 0 Å². The molecule has 7 heteroatoms. The third-order valence-electron chi connectivity index (χ3n) is 6.15. The number of hydrogen-bond donors (Lipinski definition) is 1. The van der Waals surface area contributed by atoms with Gasteiger partial charge < -0.3 is 14.6 Å². The Hall–Kier alpha value is -3.06. The molecule has 2 heterocycles.